The third-order valence-electron chi connectivity index (χ3n) is 7.19. The average molecular weight is 538 g/mol. The number of hydrogen-bond acceptors (Lipinski definition) is 6. The van der Waals surface area contributed by atoms with Crippen LogP contribution in [-0.4, -0.2) is 81.8 Å². The number of rotatable bonds is 15. The predicted molar refractivity (Wildman–Crippen MR) is 159 cm³/mol. The number of aryl methyl sites for hydroxylation is 1. The number of methoxy groups -OCH3 is 1. The van der Waals surface area contributed by atoms with Crippen molar-refractivity contribution in [3.63, 3.8) is 0 Å². The number of aliphatic imine (C=N–C) groups is 1. The second kappa shape index (κ2) is 16.2. The lowest BCUT2D eigenvalue weighted by Crippen LogP contribution is -2.37. The number of carbonyl (C=O) groups is 1. The van der Waals surface area contributed by atoms with E-state index >= 15 is 0 Å². The number of guanidine groups is 1. The van der Waals surface area contributed by atoms with Gasteiger partial charge in [0.25, 0.3) is 0 Å². The van der Waals surface area contributed by atoms with Crippen molar-refractivity contribution in [3.05, 3.63) is 53.6 Å². The maximum Gasteiger partial charge on any atom is 0.226 e. The summed E-state index contributed by atoms with van der Waals surface area (Å²) in [5.74, 6) is 0.879. The van der Waals surface area contributed by atoms with Crippen LogP contribution in [0.4, 0.5) is 0 Å². The number of unbranched alkanes of at least 4 members (excludes halogenated alkanes) is 1. The predicted octanol–water partition coefficient (Wildman–Crippen LogP) is 4.07. The fraction of sp³-hybridized carbons (Fsp3) is 0.548. The molecule has 1 aliphatic heterocycles. The van der Waals surface area contributed by atoms with E-state index in [1.54, 1.807) is 7.11 Å². The zero-order valence-electron chi connectivity index (χ0n) is 24.2. The molecule has 1 amide bonds. The molecule has 1 fully saturated rings. The van der Waals surface area contributed by atoms with Crippen molar-refractivity contribution in [1.29, 1.82) is 0 Å². The molecule has 1 heterocycles. The Morgan fingerprint density at radius 1 is 1.15 bits per heavy atom. The van der Waals surface area contributed by atoms with Crippen LogP contribution in [0.25, 0.3) is 11.1 Å². The lowest BCUT2D eigenvalue weighted by molar-refractivity contribution is -0.119. The van der Waals surface area contributed by atoms with Crippen molar-refractivity contribution in [2.24, 2.45) is 10.7 Å². The van der Waals surface area contributed by atoms with Gasteiger partial charge in [-0.25, -0.2) is 0 Å². The van der Waals surface area contributed by atoms with Crippen LogP contribution < -0.4 is 15.8 Å². The van der Waals surface area contributed by atoms with Crippen LogP contribution in [0.3, 0.4) is 0 Å². The first-order valence-electron chi connectivity index (χ1n) is 14.2. The van der Waals surface area contributed by atoms with Gasteiger partial charge in [-0.3, -0.25) is 20.0 Å². The molecule has 0 spiro atoms. The molecule has 1 unspecified atom stereocenters. The van der Waals surface area contributed by atoms with E-state index in [9.17, 15) is 4.79 Å². The fourth-order valence-corrected chi connectivity index (χ4v) is 4.80. The highest BCUT2D eigenvalue weighted by atomic mass is 16.5. The molecule has 2 aromatic carbocycles. The van der Waals surface area contributed by atoms with Crippen LogP contribution in [0, 0.1) is 0 Å². The number of carbonyl (C=O) groups excluding carboxylic acids is 1. The largest absolute Gasteiger partial charge is 0.493 e. The van der Waals surface area contributed by atoms with Gasteiger partial charge in [-0.05, 0) is 62.7 Å². The van der Waals surface area contributed by atoms with Gasteiger partial charge in [0.2, 0.25) is 5.91 Å². The van der Waals surface area contributed by atoms with E-state index in [1.165, 1.54) is 18.5 Å². The normalized spacial score (nSPS) is 16.1. The molecule has 0 aliphatic carbocycles. The number of likely N-dealkylation sites (tertiary alicyclic amines) is 1. The van der Waals surface area contributed by atoms with E-state index in [0.29, 0.717) is 38.6 Å². The van der Waals surface area contributed by atoms with Crippen LogP contribution >= 0.6 is 0 Å². The van der Waals surface area contributed by atoms with Gasteiger partial charge in [-0.15, -0.1) is 0 Å². The van der Waals surface area contributed by atoms with Gasteiger partial charge in [-0.2, -0.15) is 0 Å². The lowest BCUT2D eigenvalue weighted by Gasteiger charge is -2.24. The third-order valence-corrected chi connectivity index (χ3v) is 7.19. The van der Waals surface area contributed by atoms with Crippen LogP contribution in [0.1, 0.15) is 50.2 Å². The SMILES string of the molecule is CCCCN=C(N)NC(=O)CCc1ccc(-c2ccc(CN(C)C3CCN(C)C3)cc2)c(OCCCOC)c1. The molecule has 2 aromatic rings. The number of ether oxygens (including phenoxy) is 2. The Hall–Kier alpha value is -2.94. The van der Waals surface area contributed by atoms with Gasteiger partial charge in [0, 0.05) is 57.8 Å². The van der Waals surface area contributed by atoms with Crippen molar-refractivity contribution in [1.82, 2.24) is 15.1 Å². The van der Waals surface area contributed by atoms with E-state index in [1.807, 2.05) is 6.07 Å². The summed E-state index contributed by atoms with van der Waals surface area (Å²) in [6, 6.07) is 15.6. The van der Waals surface area contributed by atoms with Crippen LogP contribution in [0.5, 0.6) is 5.75 Å². The Morgan fingerprint density at radius 2 is 1.92 bits per heavy atom. The number of nitrogens with two attached hydrogens (primary N) is 1. The molecule has 8 nitrogen and oxygen atoms in total. The molecule has 3 N–H and O–H groups in total. The summed E-state index contributed by atoms with van der Waals surface area (Å²) >= 11 is 0. The molecule has 0 saturated carbocycles. The molecule has 1 atom stereocenters. The summed E-state index contributed by atoms with van der Waals surface area (Å²) in [5.41, 5.74) is 10.3. The molecule has 0 aromatic heterocycles. The van der Waals surface area contributed by atoms with E-state index in [2.05, 4.69) is 77.5 Å². The quantitative estimate of drug-likeness (QED) is 0.202. The summed E-state index contributed by atoms with van der Waals surface area (Å²) in [5, 5.41) is 2.69. The molecular weight excluding hydrogens is 490 g/mol. The second-order valence-corrected chi connectivity index (χ2v) is 10.5. The second-order valence-electron chi connectivity index (χ2n) is 10.5. The minimum absolute atomic E-state index is 0.135. The fourth-order valence-electron chi connectivity index (χ4n) is 4.80. The van der Waals surface area contributed by atoms with Gasteiger partial charge in [-0.1, -0.05) is 49.7 Å². The molecule has 39 heavy (non-hydrogen) atoms. The van der Waals surface area contributed by atoms with Gasteiger partial charge in [0.1, 0.15) is 5.75 Å². The molecule has 1 aliphatic rings. The maximum absolute atomic E-state index is 12.4. The topological polar surface area (TPSA) is 92.4 Å². The van der Waals surface area contributed by atoms with E-state index in [-0.39, 0.29) is 11.9 Å². The molecule has 3 rings (SSSR count). The summed E-state index contributed by atoms with van der Waals surface area (Å²) in [7, 11) is 6.11. The smallest absolute Gasteiger partial charge is 0.226 e. The molecule has 0 bridgehead atoms. The molecule has 214 valence electrons. The Bertz CT molecular complexity index is 1060. The Labute approximate surface area is 234 Å². The highest BCUT2D eigenvalue weighted by Crippen LogP contribution is 2.32. The van der Waals surface area contributed by atoms with Crippen molar-refractivity contribution in [2.75, 3.05) is 54.1 Å². The van der Waals surface area contributed by atoms with Gasteiger partial charge >= 0.3 is 0 Å². The number of amides is 1. The first-order valence-corrected chi connectivity index (χ1v) is 14.2. The summed E-state index contributed by atoms with van der Waals surface area (Å²) in [4.78, 5) is 21.4. The van der Waals surface area contributed by atoms with Gasteiger partial charge in [0.05, 0.1) is 6.61 Å². The number of likely N-dealkylation sites (N-methyl/N-ethyl adjacent to an activating group) is 2. The van der Waals surface area contributed by atoms with Crippen molar-refractivity contribution in [2.45, 2.75) is 58.0 Å². The Kier molecular flexibility index (Phi) is 12.7. The standard InChI is InChI=1S/C31H47N5O3/c1-5-6-17-33-31(32)34-30(37)15-11-24-10-14-28(29(21-24)39-20-7-19-38-4)26-12-8-25(9-13-26)22-36(3)27-16-18-35(2)23-27/h8-10,12-14,21,27H,5-7,11,15-20,22-23H2,1-4H3,(H3,32,33,34,37). The summed E-state index contributed by atoms with van der Waals surface area (Å²) in [6.07, 6.45) is 4.93. The average Bonchev–Trinajstić information content (AvgIpc) is 3.37. The number of nitrogens with zero attached hydrogens (tertiary/aromatic N) is 3. The minimum atomic E-state index is -0.135. The monoisotopic (exact) mass is 537 g/mol. The van der Waals surface area contributed by atoms with Crippen LogP contribution in [-0.2, 0) is 22.5 Å². The molecule has 1 saturated heterocycles. The number of benzene rings is 2. The Morgan fingerprint density at radius 3 is 2.62 bits per heavy atom. The molecule has 0 radical (unpaired) electrons. The first-order chi connectivity index (χ1) is 18.9. The Balaban J connectivity index is 1.65. The summed E-state index contributed by atoms with van der Waals surface area (Å²) in [6.45, 7) is 7.17. The number of nitrogens with one attached hydrogen (secondary N) is 1. The highest BCUT2D eigenvalue weighted by Gasteiger charge is 2.23. The first kappa shape index (κ1) is 30.6. The lowest BCUT2D eigenvalue weighted by atomic mass is 9.99. The van der Waals surface area contributed by atoms with Crippen molar-refractivity contribution < 1.29 is 14.3 Å². The van der Waals surface area contributed by atoms with Gasteiger partial charge in [0.15, 0.2) is 5.96 Å². The zero-order chi connectivity index (χ0) is 28.0. The van der Waals surface area contributed by atoms with Crippen molar-refractivity contribution >= 4 is 11.9 Å². The van der Waals surface area contributed by atoms with Crippen LogP contribution in [0.15, 0.2) is 47.5 Å². The zero-order valence-corrected chi connectivity index (χ0v) is 24.2. The molecular formula is C31H47N5O3. The highest BCUT2D eigenvalue weighted by molar-refractivity contribution is 5.96. The van der Waals surface area contributed by atoms with Crippen molar-refractivity contribution in [3.8, 4) is 16.9 Å². The van der Waals surface area contributed by atoms with Crippen LogP contribution in [0.2, 0.25) is 0 Å². The van der Waals surface area contributed by atoms with Gasteiger partial charge < -0.3 is 20.1 Å². The van der Waals surface area contributed by atoms with E-state index < -0.39 is 0 Å². The summed E-state index contributed by atoms with van der Waals surface area (Å²) < 4.78 is 11.4. The van der Waals surface area contributed by atoms with E-state index in [4.69, 9.17) is 15.2 Å². The minimum Gasteiger partial charge on any atom is -0.493 e. The molecule has 8 heteroatoms. The third kappa shape index (κ3) is 10.3. The number of hydrogen-bond donors (Lipinski definition) is 2. The van der Waals surface area contributed by atoms with E-state index in [0.717, 1.165) is 54.8 Å². The maximum atomic E-state index is 12.4.